The Hall–Kier alpha value is -0.280. The molecule has 11 heteroatoms. The highest BCUT2D eigenvalue weighted by Crippen LogP contribution is 2.43. The van der Waals surface area contributed by atoms with E-state index in [1.807, 2.05) is 18.2 Å². The molecule has 8 N–H and O–H groups in total. The molecule has 0 saturated heterocycles. The molecule has 30 heavy (non-hydrogen) atoms. The first-order valence-electron chi connectivity index (χ1n) is 9.87. The van der Waals surface area contributed by atoms with Crippen molar-refractivity contribution in [2.45, 2.75) is 57.5 Å². The van der Waals surface area contributed by atoms with Crippen molar-refractivity contribution in [2.24, 2.45) is 5.41 Å². The van der Waals surface area contributed by atoms with Gasteiger partial charge in [0.05, 0.1) is 25.2 Å². The molecular weight excluding hydrogens is 434 g/mol. The summed E-state index contributed by atoms with van der Waals surface area (Å²) >= 11 is 0. The Balaban J connectivity index is 0.00000103. The van der Waals surface area contributed by atoms with Gasteiger partial charge in [-0.05, 0) is 12.0 Å². The maximum Gasteiger partial charge on any atom is 0.334 e. The van der Waals surface area contributed by atoms with E-state index in [4.69, 9.17) is 19.6 Å². The molecule has 0 radical (unpaired) electrons. The van der Waals surface area contributed by atoms with Gasteiger partial charge in [-0.3, -0.25) is 0 Å². The second-order valence-electron chi connectivity index (χ2n) is 7.09. The van der Waals surface area contributed by atoms with Gasteiger partial charge >= 0.3 is 17.2 Å². The molecule has 1 aromatic rings. The molecule has 0 aromatic heterocycles. The standard InChI is InChI=1S/C19H32O4.H4O5P2/c1-2-3-4-5-6-10-13-19(23,17-11-8-7-9-12-17)18(14-20,15-21)16-22;1-6(2)5-7(3)4/h7-9,11-12,20-23H,2-6,10,13-16H2,1H3;1-4H. The largest absolute Gasteiger partial charge is 0.395 e. The van der Waals surface area contributed by atoms with Crippen molar-refractivity contribution in [1.29, 1.82) is 0 Å². The van der Waals surface area contributed by atoms with Crippen LogP contribution >= 0.6 is 17.2 Å². The SMILES string of the molecule is CCCCCCCCC(O)(c1ccccc1)C(CO)(CO)CO.OP(O)OP(O)O. The maximum absolute atomic E-state index is 11.3. The molecule has 0 bridgehead atoms. The smallest absolute Gasteiger partial charge is 0.334 e. The summed E-state index contributed by atoms with van der Waals surface area (Å²) in [7, 11) is -5.22. The van der Waals surface area contributed by atoms with E-state index in [0.717, 1.165) is 19.3 Å². The molecular formula is C19H36O9P2. The summed E-state index contributed by atoms with van der Waals surface area (Å²) in [5.74, 6) is 0. The Morgan fingerprint density at radius 1 is 0.767 bits per heavy atom. The van der Waals surface area contributed by atoms with Gasteiger partial charge in [0.2, 0.25) is 0 Å². The van der Waals surface area contributed by atoms with E-state index in [0.29, 0.717) is 12.0 Å². The first-order chi connectivity index (χ1) is 14.2. The minimum Gasteiger partial charge on any atom is -0.395 e. The molecule has 0 saturated carbocycles. The van der Waals surface area contributed by atoms with Gasteiger partial charge in [0.1, 0.15) is 5.60 Å². The van der Waals surface area contributed by atoms with Crippen LogP contribution in [0.15, 0.2) is 30.3 Å². The fourth-order valence-electron chi connectivity index (χ4n) is 3.20. The topological polar surface area (TPSA) is 171 Å². The van der Waals surface area contributed by atoms with Crippen LogP contribution in [0.1, 0.15) is 57.4 Å². The lowest BCUT2D eigenvalue weighted by Gasteiger charge is -2.45. The van der Waals surface area contributed by atoms with Gasteiger partial charge in [0.15, 0.2) is 0 Å². The molecule has 1 rings (SSSR count). The van der Waals surface area contributed by atoms with E-state index in [2.05, 4.69) is 11.2 Å². The molecule has 0 fully saturated rings. The zero-order chi connectivity index (χ0) is 23.0. The Kier molecular flexibility index (Phi) is 16.2. The van der Waals surface area contributed by atoms with Crippen molar-refractivity contribution in [3.05, 3.63) is 35.9 Å². The quantitative estimate of drug-likeness (QED) is 0.150. The van der Waals surface area contributed by atoms with E-state index in [1.54, 1.807) is 12.1 Å². The summed E-state index contributed by atoms with van der Waals surface area (Å²) in [6.45, 7) is 0.760. The Morgan fingerprint density at radius 3 is 1.63 bits per heavy atom. The van der Waals surface area contributed by atoms with Crippen molar-refractivity contribution < 1.29 is 44.3 Å². The normalized spacial score (nSPS) is 13.8. The predicted molar refractivity (Wildman–Crippen MR) is 116 cm³/mol. The van der Waals surface area contributed by atoms with E-state index in [9.17, 15) is 20.4 Å². The van der Waals surface area contributed by atoms with Crippen molar-refractivity contribution in [2.75, 3.05) is 19.8 Å². The van der Waals surface area contributed by atoms with Crippen LogP contribution in [-0.4, -0.2) is 59.8 Å². The number of benzene rings is 1. The molecule has 0 spiro atoms. The Morgan fingerprint density at radius 2 is 1.23 bits per heavy atom. The van der Waals surface area contributed by atoms with Gasteiger partial charge in [-0.1, -0.05) is 75.8 Å². The molecule has 0 aliphatic carbocycles. The number of rotatable bonds is 14. The van der Waals surface area contributed by atoms with Crippen molar-refractivity contribution in [3.8, 4) is 0 Å². The number of unbranched alkanes of at least 4 members (excludes halogenated alkanes) is 5. The lowest BCUT2D eigenvalue weighted by atomic mass is 9.67. The van der Waals surface area contributed by atoms with Gasteiger partial charge in [0, 0.05) is 0 Å². The summed E-state index contributed by atoms with van der Waals surface area (Å²) in [6.07, 6.45) is 6.90. The molecule has 9 nitrogen and oxygen atoms in total. The van der Waals surface area contributed by atoms with Crippen molar-refractivity contribution in [1.82, 2.24) is 0 Å². The molecule has 0 heterocycles. The number of hydrogen-bond acceptors (Lipinski definition) is 9. The fraction of sp³-hybridized carbons (Fsp3) is 0.684. The van der Waals surface area contributed by atoms with Gasteiger partial charge in [-0.15, -0.1) is 0 Å². The molecule has 1 unspecified atom stereocenters. The van der Waals surface area contributed by atoms with E-state index in [1.165, 1.54) is 19.3 Å². The summed E-state index contributed by atoms with van der Waals surface area (Å²) in [5.41, 5.74) is -2.17. The van der Waals surface area contributed by atoms with Crippen molar-refractivity contribution >= 4 is 17.2 Å². The highest BCUT2D eigenvalue weighted by atomic mass is 31.2. The van der Waals surface area contributed by atoms with Gasteiger partial charge in [-0.2, -0.15) is 0 Å². The van der Waals surface area contributed by atoms with Crippen LogP contribution in [0, 0.1) is 5.41 Å². The second-order valence-corrected chi connectivity index (χ2v) is 8.75. The van der Waals surface area contributed by atoms with Crippen LogP contribution in [0.3, 0.4) is 0 Å². The molecule has 1 atom stereocenters. The van der Waals surface area contributed by atoms with Gasteiger partial charge in [-0.25, -0.2) is 4.31 Å². The fourth-order valence-corrected chi connectivity index (χ4v) is 3.72. The van der Waals surface area contributed by atoms with Crippen LogP contribution in [0.25, 0.3) is 0 Å². The summed E-state index contributed by atoms with van der Waals surface area (Å²) in [6, 6.07) is 9.06. The predicted octanol–water partition coefficient (Wildman–Crippen LogP) is 2.01. The van der Waals surface area contributed by atoms with E-state index in [-0.39, 0.29) is 0 Å². The average molecular weight is 470 g/mol. The maximum atomic E-state index is 11.3. The monoisotopic (exact) mass is 470 g/mol. The average Bonchev–Trinajstić information content (AvgIpc) is 2.72. The lowest BCUT2D eigenvalue weighted by molar-refractivity contribution is -0.164. The third kappa shape index (κ3) is 9.90. The van der Waals surface area contributed by atoms with Gasteiger partial charge < -0.3 is 40.0 Å². The molecule has 1 aromatic carbocycles. The van der Waals surface area contributed by atoms with Crippen LogP contribution in [0.5, 0.6) is 0 Å². The summed E-state index contributed by atoms with van der Waals surface area (Å²) < 4.78 is 3.60. The highest BCUT2D eigenvalue weighted by Gasteiger charge is 2.50. The van der Waals surface area contributed by atoms with E-state index < -0.39 is 48.0 Å². The minimum absolute atomic E-state index is 0.408. The third-order valence-corrected chi connectivity index (χ3v) is 6.24. The van der Waals surface area contributed by atoms with Crippen LogP contribution in [-0.2, 0) is 9.91 Å². The summed E-state index contributed by atoms with van der Waals surface area (Å²) in [4.78, 5) is 31.3. The Labute approximate surface area is 180 Å². The van der Waals surface area contributed by atoms with Crippen molar-refractivity contribution in [3.63, 3.8) is 0 Å². The van der Waals surface area contributed by atoms with E-state index >= 15 is 0 Å². The highest BCUT2D eigenvalue weighted by molar-refractivity contribution is 7.53. The zero-order valence-electron chi connectivity index (χ0n) is 17.3. The zero-order valence-corrected chi connectivity index (χ0v) is 19.1. The van der Waals surface area contributed by atoms with Crippen LogP contribution in [0.4, 0.5) is 0 Å². The number of aliphatic hydroxyl groups excluding tert-OH is 3. The second kappa shape index (κ2) is 16.4. The molecule has 176 valence electrons. The molecule has 0 aliphatic heterocycles. The first-order valence-corrected chi connectivity index (χ1v) is 12.2. The van der Waals surface area contributed by atoms with Crippen LogP contribution in [0.2, 0.25) is 0 Å². The Bertz CT molecular complexity index is 516. The van der Waals surface area contributed by atoms with Crippen LogP contribution < -0.4 is 0 Å². The molecule has 0 amide bonds. The number of aliphatic hydroxyl groups is 4. The first kappa shape index (κ1) is 29.7. The molecule has 0 aliphatic rings. The van der Waals surface area contributed by atoms with Gasteiger partial charge in [0.25, 0.3) is 0 Å². The third-order valence-electron chi connectivity index (χ3n) is 5.07. The lowest BCUT2D eigenvalue weighted by Crippen LogP contribution is -2.53. The summed E-state index contributed by atoms with van der Waals surface area (Å²) in [5, 5.41) is 40.6. The minimum atomic E-state index is -2.61. The number of hydrogen-bond donors (Lipinski definition) is 8.